The lowest BCUT2D eigenvalue weighted by Crippen LogP contribution is -2.18. The fraction of sp³-hybridized carbons (Fsp3) is 0.409. The third-order valence-electron chi connectivity index (χ3n) is 4.45. The summed E-state index contributed by atoms with van der Waals surface area (Å²) in [6.07, 6.45) is 0.282. The van der Waals surface area contributed by atoms with Crippen LogP contribution in [0.1, 0.15) is 56.2 Å². The quantitative estimate of drug-likeness (QED) is 0.749. The van der Waals surface area contributed by atoms with Crippen LogP contribution in [0.3, 0.4) is 0 Å². The predicted octanol–water partition coefficient (Wildman–Crippen LogP) is 5.13. The summed E-state index contributed by atoms with van der Waals surface area (Å²) < 4.78 is 10.6. The molecule has 0 atom stereocenters. The molecule has 4 heteroatoms. The van der Waals surface area contributed by atoms with Gasteiger partial charge in [0.15, 0.2) is 11.5 Å². The number of anilines is 1. The van der Waals surface area contributed by atoms with Crippen molar-refractivity contribution in [2.45, 2.75) is 46.0 Å². The molecule has 2 aromatic carbocycles. The molecule has 0 unspecified atom stereocenters. The van der Waals surface area contributed by atoms with Gasteiger partial charge in [-0.05, 0) is 40.7 Å². The lowest BCUT2D eigenvalue weighted by Gasteiger charge is -2.20. The van der Waals surface area contributed by atoms with E-state index in [1.807, 2.05) is 18.2 Å². The van der Waals surface area contributed by atoms with Crippen LogP contribution in [0.15, 0.2) is 36.4 Å². The maximum Gasteiger partial charge on any atom is 0.228 e. The molecule has 26 heavy (non-hydrogen) atoms. The first-order valence-electron chi connectivity index (χ1n) is 9.00. The molecule has 0 aliphatic heterocycles. The monoisotopic (exact) mass is 355 g/mol. The highest BCUT2D eigenvalue weighted by Gasteiger charge is 2.16. The maximum absolute atomic E-state index is 12.7. The maximum atomic E-state index is 12.7. The molecule has 0 aromatic heterocycles. The summed E-state index contributed by atoms with van der Waals surface area (Å²) in [7, 11) is 3.19. The number of para-hydroxylation sites is 1. The van der Waals surface area contributed by atoms with Gasteiger partial charge in [0.05, 0.1) is 20.6 Å². The van der Waals surface area contributed by atoms with Gasteiger partial charge in [0.1, 0.15) is 0 Å². The van der Waals surface area contributed by atoms with Crippen LogP contribution in [-0.2, 0) is 11.2 Å². The molecule has 0 aliphatic rings. The van der Waals surface area contributed by atoms with Crippen molar-refractivity contribution in [2.75, 3.05) is 19.5 Å². The van der Waals surface area contributed by atoms with Crippen molar-refractivity contribution in [3.8, 4) is 11.5 Å². The Hall–Kier alpha value is -2.49. The summed E-state index contributed by atoms with van der Waals surface area (Å²) in [5, 5.41) is 3.15. The third kappa shape index (κ3) is 4.57. The second-order valence-electron chi connectivity index (χ2n) is 7.04. The van der Waals surface area contributed by atoms with E-state index in [1.54, 1.807) is 14.2 Å². The van der Waals surface area contributed by atoms with Gasteiger partial charge >= 0.3 is 0 Å². The summed E-state index contributed by atoms with van der Waals surface area (Å²) in [5.41, 5.74) is 4.16. The molecule has 0 saturated heterocycles. The number of amides is 1. The molecule has 1 N–H and O–H groups in total. The first-order chi connectivity index (χ1) is 12.4. The third-order valence-corrected chi connectivity index (χ3v) is 4.45. The summed E-state index contributed by atoms with van der Waals surface area (Å²) in [6, 6.07) is 11.8. The van der Waals surface area contributed by atoms with Crippen LogP contribution in [0, 0.1) is 0 Å². The number of ether oxygens (including phenoxy) is 2. The summed E-state index contributed by atoms with van der Waals surface area (Å²) in [4.78, 5) is 12.7. The predicted molar refractivity (Wildman–Crippen MR) is 106 cm³/mol. The van der Waals surface area contributed by atoms with Crippen LogP contribution < -0.4 is 14.8 Å². The Balaban J connectivity index is 2.25. The van der Waals surface area contributed by atoms with Crippen molar-refractivity contribution in [3.63, 3.8) is 0 Å². The van der Waals surface area contributed by atoms with Crippen molar-refractivity contribution < 1.29 is 14.3 Å². The van der Waals surface area contributed by atoms with E-state index in [0.29, 0.717) is 23.3 Å². The molecule has 0 bridgehead atoms. The van der Waals surface area contributed by atoms with Crippen LogP contribution in [-0.4, -0.2) is 20.1 Å². The smallest absolute Gasteiger partial charge is 0.228 e. The van der Waals surface area contributed by atoms with Crippen LogP contribution in [0.25, 0.3) is 0 Å². The fourth-order valence-corrected chi connectivity index (χ4v) is 3.05. The lowest BCUT2D eigenvalue weighted by atomic mass is 9.92. The Bertz CT molecular complexity index is 740. The fourth-order valence-electron chi connectivity index (χ4n) is 3.05. The molecule has 0 fully saturated rings. The number of benzene rings is 2. The number of rotatable bonds is 7. The molecular formula is C22H29NO3. The number of carbonyl (C=O) groups is 1. The zero-order valence-corrected chi connectivity index (χ0v) is 16.6. The average Bonchev–Trinajstić information content (AvgIpc) is 2.61. The molecule has 2 aromatic rings. The largest absolute Gasteiger partial charge is 0.493 e. The molecule has 2 rings (SSSR count). The van der Waals surface area contributed by atoms with Gasteiger partial charge in [-0.1, -0.05) is 52.0 Å². The van der Waals surface area contributed by atoms with E-state index in [2.05, 4.69) is 51.2 Å². The molecule has 0 saturated carbocycles. The van der Waals surface area contributed by atoms with Crippen LogP contribution in [0.2, 0.25) is 0 Å². The van der Waals surface area contributed by atoms with Crippen molar-refractivity contribution >= 4 is 11.6 Å². The number of hydrogen-bond acceptors (Lipinski definition) is 3. The summed E-state index contributed by atoms with van der Waals surface area (Å²) in [5.74, 6) is 1.93. The molecule has 0 heterocycles. The highest BCUT2D eigenvalue weighted by molar-refractivity contribution is 5.94. The highest BCUT2D eigenvalue weighted by Crippen LogP contribution is 2.33. The second-order valence-corrected chi connectivity index (χ2v) is 7.04. The Labute approximate surface area is 156 Å². The Kier molecular flexibility index (Phi) is 6.67. The summed E-state index contributed by atoms with van der Waals surface area (Å²) >= 11 is 0. The van der Waals surface area contributed by atoms with Gasteiger partial charge in [0.25, 0.3) is 0 Å². The number of hydrogen-bond donors (Lipinski definition) is 1. The zero-order valence-electron chi connectivity index (χ0n) is 16.6. The normalized spacial score (nSPS) is 10.9. The average molecular weight is 355 g/mol. The van der Waals surface area contributed by atoms with Gasteiger partial charge in [-0.15, -0.1) is 0 Å². The molecule has 4 nitrogen and oxygen atoms in total. The molecular weight excluding hydrogens is 326 g/mol. The van der Waals surface area contributed by atoms with Crippen molar-refractivity contribution in [1.29, 1.82) is 0 Å². The first kappa shape index (κ1) is 19.8. The molecule has 0 spiro atoms. The van der Waals surface area contributed by atoms with Gasteiger partial charge in [-0.2, -0.15) is 0 Å². The minimum Gasteiger partial charge on any atom is -0.493 e. The standard InChI is InChI=1S/C22H29NO3/c1-14(2)17-8-7-9-18(15(3)4)22(17)23-21(24)13-16-10-11-19(25-5)20(12-16)26-6/h7-12,14-15H,13H2,1-6H3,(H,23,24). The summed E-state index contributed by atoms with van der Waals surface area (Å²) in [6.45, 7) is 8.57. The first-order valence-corrected chi connectivity index (χ1v) is 9.00. The Morgan fingerprint density at radius 1 is 0.923 bits per heavy atom. The van der Waals surface area contributed by atoms with Gasteiger partial charge in [0, 0.05) is 5.69 Å². The van der Waals surface area contributed by atoms with E-state index in [9.17, 15) is 4.79 Å². The van der Waals surface area contributed by atoms with E-state index in [-0.39, 0.29) is 12.3 Å². The Morgan fingerprint density at radius 3 is 2.00 bits per heavy atom. The van der Waals surface area contributed by atoms with Crippen molar-refractivity contribution in [2.24, 2.45) is 0 Å². The van der Waals surface area contributed by atoms with Crippen LogP contribution in [0.4, 0.5) is 5.69 Å². The number of methoxy groups -OCH3 is 2. The van der Waals surface area contributed by atoms with E-state index < -0.39 is 0 Å². The number of carbonyl (C=O) groups excluding carboxylic acids is 1. The van der Waals surface area contributed by atoms with Gasteiger partial charge < -0.3 is 14.8 Å². The van der Waals surface area contributed by atoms with E-state index in [1.165, 1.54) is 0 Å². The highest BCUT2D eigenvalue weighted by atomic mass is 16.5. The van der Waals surface area contributed by atoms with Crippen molar-refractivity contribution in [3.05, 3.63) is 53.1 Å². The molecule has 0 aliphatic carbocycles. The minimum atomic E-state index is -0.0350. The molecule has 140 valence electrons. The Morgan fingerprint density at radius 2 is 1.50 bits per heavy atom. The minimum absolute atomic E-state index is 0.0350. The van der Waals surface area contributed by atoms with Gasteiger partial charge in [0.2, 0.25) is 5.91 Å². The zero-order chi connectivity index (χ0) is 19.3. The van der Waals surface area contributed by atoms with Crippen molar-refractivity contribution in [1.82, 2.24) is 0 Å². The molecule has 1 amide bonds. The SMILES string of the molecule is COc1ccc(CC(=O)Nc2c(C(C)C)cccc2C(C)C)cc1OC. The van der Waals surface area contributed by atoms with Crippen LogP contribution >= 0.6 is 0 Å². The molecule has 0 radical (unpaired) electrons. The van der Waals surface area contributed by atoms with E-state index in [4.69, 9.17) is 9.47 Å². The van der Waals surface area contributed by atoms with Gasteiger partial charge in [-0.3, -0.25) is 4.79 Å². The van der Waals surface area contributed by atoms with E-state index >= 15 is 0 Å². The second kappa shape index (κ2) is 8.75. The van der Waals surface area contributed by atoms with Crippen LogP contribution in [0.5, 0.6) is 11.5 Å². The lowest BCUT2D eigenvalue weighted by molar-refractivity contribution is -0.115. The van der Waals surface area contributed by atoms with Gasteiger partial charge in [-0.25, -0.2) is 0 Å². The topological polar surface area (TPSA) is 47.6 Å². The van der Waals surface area contributed by atoms with E-state index in [0.717, 1.165) is 22.4 Å². The number of nitrogens with one attached hydrogen (secondary N) is 1.